The first-order valence-electron chi connectivity index (χ1n) is 7.98. The molecule has 1 heterocycles. The van der Waals surface area contributed by atoms with Crippen molar-refractivity contribution in [3.05, 3.63) is 81.5 Å². The topological polar surface area (TPSA) is 86.9 Å². The highest BCUT2D eigenvalue weighted by molar-refractivity contribution is 6.34. The van der Waals surface area contributed by atoms with Crippen molar-refractivity contribution >= 4 is 29.2 Å². The van der Waals surface area contributed by atoms with Crippen LogP contribution in [0, 0.1) is 23.3 Å². The van der Waals surface area contributed by atoms with Crippen LogP contribution in [0.3, 0.4) is 0 Å². The minimum absolute atomic E-state index is 0.0435. The van der Waals surface area contributed by atoms with Gasteiger partial charge in [0.15, 0.2) is 17.3 Å². The average molecular weight is 427 g/mol. The number of hydrogen-bond acceptors (Lipinski definition) is 3. The number of rotatable bonds is 5. The maximum Gasteiger partial charge on any atom is 0.272 e. The van der Waals surface area contributed by atoms with Gasteiger partial charge in [0.25, 0.3) is 11.8 Å². The molecule has 0 atom stereocenters. The molecule has 29 heavy (non-hydrogen) atoms. The summed E-state index contributed by atoms with van der Waals surface area (Å²) >= 11 is 5.72. The first-order valence-corrected chi connectivity index (χ1v) is 8.36. The lowest BCUT2D eigenvalue weighted by molar-refractivity contribution is 0.0944. The van der Waals surface area contributed by atoms with Crippen molar-refractivity contribution in [2.45, 2.75) is 6.54 Å². The highest BCUT2D eigenvalue weighted by Gasteiger charge is 2.18. The van der Waals surface area contributed by atoms with Crippen molar-refractivity contribution in [3.8, 4) is 0 Å². The van der Waals surface area contributed by atoms with Gasteiger partial charge in [-0.2, -0.15) is 5.10 Å². The fraction of sp³-hybridized carbons (Fsp3) is 0.0556. The number of nitrogens with one attached hydrogen (secondary N) is 3. The number of aromatic amines is 1. The number of nitrogens with zero attached hydrogens (tertiary/aromatic N) is 1. The zero-order valence-corrected chi connectivity index (χ0v) is 15.1. The molecule has 11 heteroatoms. The minimum Gasteiger partial charge on any atom is -0.346 e. The first kappa shape index (κ1) is 20.3. The molecule has 6 nitrogen and oxygen atoms in total. The molecule has 3 aromatic rings. The molecule has 0 saturated heterocycles. The summed E-state index contributed by atoms with van der Waals surface area (Å²) in [6, 6.07) is 5.71. The Morgan fingerprint density at radius 2 is 1.62 bits per heavy atom. The van der Waals surface area contributed by atoms with E-state index in [1.807, 2.05) is 0 Å². The van der Waals surface area contributed by atoms with Gasteiger partial charge in [0.1, 0.15) is 17.5 Å². The van der Waals surface area contributed by atoms with Gasteiger partial charge < -0.3 is 10.6 Å². The van der Waals surface area contributed by atoms with Gasteiger partial charge in [-0.15, -0.1) is 0 Å². The molecular weight excluding hydrogens is 416 g/mol. The highest BCUT2D eigenvalue weighted by Crippen LogP contribution is 2.21. The summed E-state index contributed by atoms with van der Waals surface area (Å²) in [7, 11) is 0. The molecule has 2 amide bonds. The number of benzene rings is 2. The number of H-pyrrole nitrogens is 1. The van der Waals surface area contributed by atoms with Gasteiger partial charge in [0, 0.05) is 18.2 Å². The van der Waals surface area contributed by atoms with Crippen LogP contribution in [0.15, 0.2) is 36.4 Å². The number of carbonyl (C=O) groups excluding carboxylic acids is 2. The lowest BCUT2D eigenvalue weighted by atomic mass is 10.2. The van der Waals surface area contributed by atoms with Gasteiger partial charge in [-0.1, -0.05) is 17.7 Å². The van der Waals surface area contributed by atoms with E-state index in [9.17, 15) is 27.2 Å². The Balaban J connectivity index is 1.67. The fourth-order valence-electron chi connectivity index (χ4n) is 2.35. The second-order valence-electron chi connectivity index (χ2n) is 5.75. The maximum absolute atomic E-state index is 13.6. The van der Waals surface area contributed by atoms with Crippen molar-refractivity contribution in [2.75, 3.05) is 5.32 Å². The summed E-state index contributed by atoms with van der Waals surface area (Å²) in [5.41, 5.74) is -0.840. The van der Waals surface area contributed by atoms with Crippen LogP contribution < -0.4 is 10.6 Å². The van der Waals surface area contributed by atoms with E-state index in [-0.39, 0.29) is 27.7 Å². The molecular formula is C18H11ClF4N4O2. The predicted molar refractivity (Wildman–Crippen MR) is 95.4 cm³/mol. The molecule has 0 aliphatic carbocycles. The molecule has 3 N–H and O–H groups in total. The highest BCUT2D eigenvalue weighted by atomic mass is 35.5. The van der Waals surface area contributed by atoms with Gasteiger partial charge >= 0.3 is 0 Å². The largest absolute Gasteiger partial charge is 0.346 e. The van der Waals surface area contributed by atoms with E-state index >= 15 is 0 Å². The van der Waals surface area contributed by atoms with Gasteiger partial charge in [0.2, 0.25) is 0 Å². The third-order valence-electron chi connectivity index (χ3n) is 3.80. The summed E-state index contributed by atoms with van der Waals surface area (Å²) in [5, 5.41) is 10.3. The molecule has 1 aromatic heterocycles. The van der Waals surface area contributed by atoms with Crippen LogP contribution in [0.25, 0.3) is 0 Å². The molecule has 0 bridgehead atoms. The SMILES string of the molecule is O=C(NCc1c(F)cccc1F)c1cc(NC(=O)c2cc(F)c(F)cc2Cl)[nH]n1. The minimum atomic E-state index is -1.26. The van der Waals surface area contributed by atoms with Crippen molar-refractivity contribution in [1.82, 2.24) is 15.5 Å². The van der Waals surface area contributed by atoms with Gasteiger partial charge in [-0.3, -0.25) is 14.7 Å². The summed E-state index contributed by atoms with van der Waals surface area (Å²) in [6.07, 6.45) is 0. The summed E-state index contributed by atoms with van der Waals surface area (Å²) in [5.74, 6) is -5.79. The Morgan fingerprint density at radius 3 is 2.31 bits per heavy atom. The predicted octanol–water partition coefficient (Wildman–Crippen LogP) is 3.80. The number of anilines is 1. The molecule has 0 aliphatic rings. The van der Waals surface area contributed by atoms with E-state index in [1.54, 1.807) is 0 Å². The van der Waals surface area contributed by atoms with E-state index in [2.05, 4.69) is 20.8 Å². The maximum atomic E-state index is 13.6. The molecule has 3 rings (SSSR count). The van der Waals surface area contributed by atoms with E-state index in [1.165, 1.54) is 6.07 Å². The lowest BCUT2D eigenvalue weighted by Gasteiger charge is -2.06. The molecule has 2 aromatic carbocycles. The number of aromatic nitrogens is 2. The molecule has 0 spiro atoms. The molecule has 0 aliphatic heterocycles. The quantitative estimate of drug-likeness (QED) is 0.428. The Morgan fingerprint density at radius 1 is 0.966 bits per heavy atom. The number of amides is 2. The smallest absolute Gasteiger partial charge is 0.272 e. The van der Waals surface area contributed by atoms with Gasteiger partial charge in [0.05, 0.1) is 10.6 Å². The Hall–Kier alpha value is -3.40. The summed E-state index contributed by atoms with van der Waals surface area (Å²) < 4.78 is 53.6. The second-order valence-corrected chi connectivity index (χ2v) is 6.16. The second kappa shape index (κ2) is 8.31. The van der Waals surface area contributed by atoms with Crippen LogP contribution in [0.1, 0.15) is 26.4 Å². The molecule has 0 unspecified atom stereocenters. The average Bonchev–Trinajstić information content (AvgIpc) is 3.12. The van der Waals surface area contributed by atoms with Crippen LogP contribution in [0.4, 0.5) is 23.4 Å². The van der Waals surface area contributed by atoms with Crippen LogP contribution >= 0.6 is 11.6 Å². The number of halogens is 5. The third-order valence-corrected chi connectivity index (χ3v) is 4.11. The van der Waals surface area contributed by atoms with E-state index in [0.717, 1.165) is 18.2 Å². The Bertz CT molecular complexity index is 1080. The zero-order chi connectivity index (χ0) is 21.1. The van der Waals surface area contributed by atoms with Crippen LogP contribution in [-0.4, -0.2) is 22.0 Å². The fourth-order valence-corrected chi connectivity index (χ4v) is 2.58. The van der Waals surface area contributed by atoms with Crippen molar-refractivity contribution < 1.29 is 27.2 Å². The molecule has 0 radical (unpaired) electrons. The van der Waals surface area contributed by atoms with Crippen molar-refractivity contribution in [1.29, 1.82) is 0 Å². The van der Waals surface area contributed by atoms with Crippen LogP contribution in [0.2, 0.25) is 5.02 Å². The third kappa shape index (κ3) is 4.54. The van der Waals surface area contributed by atoms with E-state index in [4.69, 9.17) is 11.6 Å². The van der Waals surface area contributed by atoms with E-state index < -0.39 is 41.6 Å². The van der Waals surface area contributed by atoms with Crippen LogP contribution in [0.5, 0.6) is 0 Å². The molecule has 150 valence electrons. The lowest BCUT2D eigenvalue weighted by Crippen LogP contribution is -2.24. The normalized spacial score (nSPS) is 10.7. The number of hydrogen-bond donors (Lipinski definition) is 3. The molecule has 0 saturated carbocycles. The van der Waals surface area contributed by atoms with Crippen molar-refractivity contribution in [2.24, 2.45) is 0 Å². The summed E-state index contributed by atoms with van der Waals surface area (Å²) in [4.78, 5) is 24.2. The van der Waals surface area contributed by atoms with E-state index in [0.29, 0.717) is 12.1 Å². The first-order chi connectivity index (χ1) is 13.8. The Kier molecular flexibility index (Phi) is 5.83. The summed E-state index contributed by atoms with van der Waals surface area (Å²) in [6.45, 7) is -0.420. The van der Waals surface area contributed by atoms with Crippen LogP contribution in [-0.2, 0) is 6.54 Å². The van der Waals surface area contributed by atoms with Gasteiger partial charge in [-0.25, -0.2) is 17.6 Å². The molecule has 0 fully saturated rings. The monoisotopic (exact) mass is 426 g/mol. The number of carbonyl (C=O) groups is 2. The zero-order valence-electron chi connectivity index (χ0n) is 14.3. The van der Waals surface area contributed by atoms with Crippen molar-refractivity contribution in [3.63, 3.8) is 0 Å². The van der Waals surface area contributed by atoms with Gasteiger partial charge in [-0.05, 0) is 24.3 Å². The Labute approximate surface area is 165 Å². The standard InChI is InChI=1S/C18H11ClF4N4O2/c19-10-5-14(23)13(22)4-8(10)17(28)25-16-6-15(26-27-16)18(29)24-7-9-11(20)2-1-3-12(9)21/h1-6H,7H2,(H,24,29)(H2,25,26,27,28).